The van der Waals surface area contributed by atoms with Crippen molar-refractivity contribution in [1.29, 1.82) is 0 Å². The first kappa shape index (κ1) is 26.2. The molecule has 1 aromatic rings. The third kappa shape index (κ3) is 6.85. The summed E-state index contributed by atoms with van der Waals surface area (Å²) in [5.41, 5.74) is 2.02. The number of hydrogen-bond acceptors (Lipinski definition) is 4. The molecule has 2 heterocycles. The average Bonchev–Trinajstić information content (AvgIpc) is 3.42. The molecule has 35 heavy (non-hydrogen) atoms. The van der Waals surface area contributed by atoms with Gasteiger partial charge in [-0.2, -0.15) is 0 Å². The van der Waals surface area contributed by atoms with Gasteiger partial charge in [-0.25, -0.2) is 0 Å². The molecular weight excluding hydrogens is 436 g/mol. The first-order valence-electron chi connectivity index (χ1n) is 14.2. The third-order valence-corrected chi connectivity index (χ3v) is 8.58. The van der Waals surface area contributed by atoms with Crippen LogP contribution in [0, 0.1) is 5.92 Å². The van der Waals surface area contributed by atoms with Gasteiger partial charge in [0.2, 0.25) is 5.91 Å². The minimum absolute atomic E-state index is 0.0486. The Morgan fingerprint density at radius 1 is 0.943 bits per heavy atom. The van der Waals surface area contributed by atoms with Crippen LogP contribution in [-0.4, -0.2) is 84.4 Å². The summed E-state index contributed by atoms with van der Waals surface area (Å²) >= 11 is 0. The summed E-state index contributed by atoms with van der Waals surface area (Å²) in [6, 6.07) is 8.63. The topological polar surface area (TPSA) is 55.9 Å². The molecule has 2 atom stereocenters. The van der Waals surface area contributed by atoms with Crippen molar-refractivity contribution in [2.45, 2.75) is 83.7 Å². The number of piperazine rings is 1. The van der Waals surface area contributed by atoms with Crippen molar-refractivity contribution < 1.29 is 9.59 Å². The molecule has 2 saturated heterocycles. The molecule has 1 aliphatic carbocycles. The van der Waals surface area contributed by atoms with Crippen molar-refractivity contribution >= 4 is 11.8 Å². The van der Waals surface area contributed by atoms with Gasteiger partial charge in [-0.3, -0.25) is 14.5 Å². The molecule has 0 radical (unpaired) electrons. The van der Waals surface area contributed by atoms with Crippen LogP contribution in [0.4, 0.5) is 0 Å². The number of carbonyl (C=O) groups is 2. The second kappa shape index (κ2) is 12.9. The number of nitrogens with zero attached hydrogens (tertiary/aromatic N) is 3. The quantitative estimate of drug-likeness (QED) is 0.542. The number of hydrogen-bond donors (Lipinski definition) is 1. The highest BCUT2D eigenvalue weighted by molar-refractivity contribution is 5.94. The van der Waals surface area contributed by atoms with Gasteiger partial charge in [0.15, 0.2) is 0 Å². The van der Waals surface area contributed by atoms with Gasteiger partial charge in [-0.1, -0.05) is 38.3 Å². The number of likely N-dealkylation sites (tertiary alicyclic amines) is 1. The van der Waals surface area contributed by atoms with Gasteiger partial charge in [-0.05, 0) is 75.6 Å². The number of benzene rings is 1. The highest BCUT2D eigenvalue weighted by Gasteiger charge is 2.37. The van der Waals surface area contributed by atoms with E-state index in [0.29, 0.717) is 25.0 Å². The molecular formula is C29H46N4O2. The Kier molecular flexibility index (Phi) is 9.61. The van der Waals surface area contributed by atoms with Crippen molar-refractivity contribution in [3.8, 4) is 0 Å². The fourth-order valence-corrected chi connectivity index (χ4v) is 6.31. The summed E-state index contributed by atoms with van der Waals surface area (Å²) in [5, 5.41) is 3.29. The lowest BCUT2D eigenvalue weighted by Gasteiger charge is -2.41. The van der Waals surface area contributed by atoms with E-state index in [1.165, 1.54) is 44.2 Å². The van der Waals surface area contributed by atoms with Gasteiger partial charge in [0.1, 0.15) is 0 Å². The number of rotatable bonds is 9. The molecule has 6 heteroatoms. The van der Waals surface area contributed by atoms with Crippen LogP contribution >= 0.6 is 0 Å². The van der Waals surface area contributed by atoms with Gasteiger partial charge in [0, 0.05) is 50.9 Å². The second-order valence-corrected chi connectivity index (χ2v) is 10.9. The van der Waals surface area contributed by atoms with E-state index in [1.54, 1.807) is 0 Å². The predicted molar refractivity (Wildman–Crippen MR) is 142 cm³/mol. The molecule has 6 nitrogen and oxygen atoms in total. The minimum Gasteiger partial charge on any atom is -0.355 e. The fourth-order valence-electron chi connectivity index (χ4n) is 6.31. The van der Waals surface area contributed by atoms with Gasteiger partial charge in [0.25, 0.3) is 5.91 Å². The number of carbonyl (C=O) groups excluding carboxylic acids is 2. The van der Waals surface area contributed by atoms with E-state index < -0.39 is 0 Å². The molecule has 1 N–H and O–H groups in total. The Hall–Kier alpha value is -1.92. The maximum absolute atomic E-state index is 13.4. The van der Waals surface area contributed by atoms with E-state index in [4.69, 9.17) is 0 Å². The monoisotopic (exact) mass is 482 g/mol. The Bertz CT molecular complexity index is 812. The van der Waals surface area contributed by atoms with Crippen LogP contribution in [0.25, 0.3) is 0 Å². The van der Waals surface area contributed by atoms with Crippen LogP contribution in [0.15, 0.2) is 24.3 Å². The van der Waals surface area contributed by atoms with Crippen LogP contribution in [0.3, 0.4) is 0 Å². The molecule has 194 valence electrons. The zero-order valence-electron chi connectivity index (χ0n) is 22.0. The lowest BCUT2D eigenvalue weighted by molar-refractivity contribution is -0.129. The SMILES string of the molecule is CCc1ccc(C(=O)N2CCN([C@H](C(=O)NCCCN3CCCC[C@H]3C)C3CCCC3)CC2)cc1. The van der Waals surface area contributed by atoms with Crippen LogP contribution < -0.4 is 5.32 Å². The smallest absolute Gasteiger partial charge is 0.253 e. The zero-order valence-corrected chi connectivity index (χ0v) is 22.0. The fraction of sp³-hybridized carbons (Fsp3) is 0.724. The zero-order chi connectivity index (χ0) is 24.6. The lowest BCUT2D eigenvalue weighted by Crippen LogP contribution is -2.58. The standard InChI is InChI=1S/C29H46N4O2/c1-3-24-12-14-26(15-13-24)29(35)33-21-19-32(20-22-33)27(25-10-4-5-11-25)28(34)30-16-8-18-31-17-7-6-9-23(31)2/h12-15,23,25,27H,3-11,16-22H2,1-2H3,(H,30,34)/t23-,27+/m1/s1. The van der Waals surface area contributed by atoms with E-state index in [-0.39, 0.29) is 17.9 Å². The Labute approximate surface area is 212 Å². The van der Waals surface area contributed by atoms with E-state index in [2.05, 4.69) is 41.1 Å². The molecule has 3 fully saturated rings. The first-order valence-corrected chi connectivity index (χ1v) is 14.2. The highest BCUT2D eigenvalue weighted by atomic mass is 16.2. The van der Waals surface area contributed by atoms with Gasteiger partial charge < -0.3 is 15.1 Å². The molecule has 1 aromatic carbocycles. The van der Waals surface area contributed by atoms with Gasteiger partial charge in [0.05, 0.1) is 6.04 Å². The summed E-state index contributed by atoms with van der Waals surface area (Å²) in [6.07, 6.45) is 10.7. The summed E-state index contributed by atoms with van der Waals surface area (Å²) in [6.45, 7) is 10.4. The van der Waals surface area contributed by atoms with Gasteiger partial charge >= 0.3 is 0 Å². The Balaban J connectivity index is 1.28. The van der Waals surface area contributed by atoms with Crippen LogP contribution in [-0.2, 0) is 11.2 Å². The molecule has 0 unspecified atom stereocenters. The summed E-state index contributed by atoms with van der Waals surface area (Å²) in [7, 11) is 0. The normalized spacial score (nSPS) is 23.4. The number of piperidine rings is 1. The first-order chi connectivity index (χ1) is 17.1. The van der Waals surface area contributed by atoms with E-state index in [0.717, 1.165) is 57.4 Å². The summed E-state index contributed by atoms with van der Waals surface area (Å²) in [5.74, 6) is 0.764. The molecule has 1 saturated carbocycles. The highest BCUT2D eigenvalue weighted by Crippen LogP contribution is 2.31. The maximum atomic E-state index is 13.4. The molecule has 2 aliphatic heterocycles. The number of amides is 2. The molecule has 0 aromatic heterocycles. The van der Waals surface area contributed by atoms with Crippen LogP contribution in [0.2, 0.25) is 0 Å². The van der Waals surface area contributed by atoms with Gasteiger partial charge in [-0.15, -0.1) is 0 Å². The van der Waals surface area contributed by atoms with Crippen molar-refractivity contribution in [2.24, 2.45) is 5.92 Å². The van der Waals surface area contributed by atoms with Crippen molar-refractivity contribution in [2.75, 3.05) is 45.8 Å². The summed E-state index contributed by atoms with van der Waals surface area (Å²) in [4.78, 5) is 33.3. The Morgan fingerprint density at radius 3 is 2.29 bits per heavy atom. The number of aryl methyl sites for hydroxylation is 1. The summed E-state index contributed by atoms with van der Waals surface area (Å²) < 4.78 is 0. The van der Waals surface area contributed by atoms with Crippen LogP contribution in [0.1, 0.15) is 81.1 Å². The second-order valence-electron chi connectivity index (χ2n) is 10.9. The predicted octanol–water partition coefficient (Wildman–Crippen LogP) is 3.95. The van der Waals surface area contributed by atoms with Crippen molar-refractivity contribution in [1.82, 2.24) is 20.0 Å². The molecule has 0 bridgehead atoms. The van der Waals surface area contributed by atoms with Crippen molar-refractivity contribution in [3.05, 3.63) is 35.4 Å². The van der Waals surface area contributed by atoms with E-state index in [1.807, 2.05) is 17.0 Å². The Morgan fingerprint density at radius 2 is 1.63 bits per heavy atom. The molecule has 3 aliphatic rings. The maximum Gasteiger partial charge on any atom is 0.253 e. The largest absolute Gasteiger partial charge is 0.355 e. The van der Waals surface area contributed by atoms with E-state index >= 15 is 0 Å². The van der Waals surface area contributed by atoms with Crippen LogP contribution in [0.5, 0.6) is 0 Å². The van der Waals surface area contributed by atoms with Crippen molar-refractivity contribution in [3.63, 3.8) is 0 Å². The number of nitrogens with one attached hydrogen (secondary N) is 1. The third-order valence-electron chi connectivity index (χ3n) is 8.58. The van der Waals surface area contributed by atoms with E-state index in [9.17, 15) is 9.59 Å². The molecule has 2 amide bonds. The lowest BCUT2D eigenvalue weighted by atomic mass is 9.95. The molecule has 0 spiro atoms. The molecule has 4 rings (SSSR count). The minimum atomic E-state index is -0.0486. The average molecular weight is 483 g/mol.